The van der Waals surface area contributed by atoms with Crippen LogP contribution in [-0.2, 0) is 0 Å². The van der Waals surface area contributed by atoms with Gasteiger partial charge in [0.15, 0.2) is 5.13 Å². The van der Waals surface area contributed by atoms with Crippen LogP contribution in [0.2, 0.25) is 0 Å². The Bertz CT molecular complexity index is 1060. The van der Waals surface area contributed by atoms with Crippen LogP contribution in [0.1, 0.15) is 42.5 Å². The van der Waals surface area contributed by atoms with Crippen molar-refractivity contribution < 1.29 is 14.3 Å². The van der Waals surface area contributed by atoms with E-state index in [4.69, 9.17) is 14.5 Å². The van der Waals surface area contributed by atoms with Crippen LogP contribution in [-0.4, -0.2) is 56.2 Å². The number of likely N-dealkylation sites (tertiary alicyclic amines) is 1. The van der Waals surface area contributed by atoms with Crippen LogP contribution < -0.4 is 14.4 Å². The Kier molecular flexibility index (Phi) is 8.55. The van der Waals surface area contributed by atoms with Crippen LogP contribution in [0.5, 0.6) is 11.5 Å². The Morgan fingerprint density at radius 2 is 1.79 bits per heavy atom. The fraction of sp³-hybridized carbons (Fsp3) is 0.407. The largest absolute Gasteiger partial charge is 0.497 e. The zero-order valence-electron chi connectivity index (χ0n) is 20.0. The lowest BCUT2D eigenvalue weighted by atomic mass is 10.1. The van der Waals surface area contributed by atoms with Crippen molar-refractivity contribution in [2.45, 2.75) is 32.1 Å². The Hall–Kier alpha value is -2.90. The average molecular weight is 480 g/mol. The molecule has 3 aromatic rings. The molecule has 1 fully saturated rings. The second-order valence-electron chi connectivity index (χ2n) is 8.51. The number of anilines is 1. The standard InChI is InChI=1S/C27H33N3O3S/c1-32-22-13-14-25(33-2)23(19-22)24-20-34-27(28-24)30(26(31)21-11-6-5-7-12-21)18-10-17-29-15-8-3-4-9-16-29/h5-7,11-14,19-20H,3-4,8-10,15-18H2,1-2H3. The van der Waals surface area contributed by atoms with Gasteiger partial charge in [0.05, 0.1) is 19.9 Å². The number of methoxy groups -OCH3 is 2. The Balaban J connectivity index is 1.56. The van der Waals surface area contributed by atoms with Gasteiger partial charge < -0.3 is 14.4 Å². The van der Waals surface area contributed by atoms with Crippen molar-refractivity contribution in [3.05, 3.63) is 59.5 Å². The highest BCUT2D eigenvalue weighted by molar-refractivity contribution is 7.14. The minimum absolute atomic E-state index is 0.0185. The van der Waals surface area contributed by atoms with Crippen molar-refractivity contribution in [3.8, 4) is 22.8 Å². The topological polar surface area (TPSA) is 54.9 Å². The van der Waals surface area contributed by atoms with Crippen LogP contribution in [0.25, 0.3) is 11.3 Å². The summed E-state index contributed by atoms with van der Waals surface area (Å²) in [4.78, 5) is 22.7. The highest BCUT2D eigenvalue weighted by Gasteiger charge is 2.22. The second-order valence-corrected chi connectivity index (χ2v) is 9.35. The number of carbonyl (C=O) groups is 1. The summed E-state index contributed by atoms with van der Waals surface area (Å²) >= 11 is 1.48. The average Bonchev–Trinajstić information content (AvgIpc) is 3.22. The van der Waals surface area contributed by atoms with Gasteiger partial charge in [-0.25, -0.2) is 4.98 Å². The number of aromatic nitrogens is 1. The van der Waals surface area contributed by atoms with E-state index in [0.29, 0.717) is 17.2 Å². The number of amides is 1. The SMILES string of the molecule is COc1ccc(OC)c(-c2csc(N(CCCN3CCCCCC3)C(=O)c3ccccc3)n2)c1. The molecule has 0 spiro atoms. The van der Waals surface area contributed by atoms with E-state index in [9.17, 15) is 4.79 Å². The Morgan fingerprint density at radius 3 is 2.50 bits per heavy atom. The summed E-state index contributed by atoms with van der Waals surface area (Å²) in [7, 11) is 3.29. The number of benzene rings is 2. The molecule has 0 radical (unpaired) electrons. The molecule has 2 aromatic carbocycles. The van der Waals surface area contributed by atoms with E-state index in [1.165, 1.54) is 37.0 Å². The zero-order valence-corrected chi connectivity index (χ0v) is 20.9. The molecule has 0 saturated carbocycles. The van der Waals surface area contributed by atoms with Gasteiger partial charge in [-0.15, -0.1) is 11.3 Å². The molecule has 180 valence electrons. The van der Waals surface area contributed by atoms with Crippen molar-refractivity contribution >= 4 is 22.4 Å². The highest BCUT2D eigenvalue weighted by atomic mass is 32.1. The fourth-order valence-electron chi connectivity index (χ4n) is 4.36. The number of nitrogens with zero attached hydrogens (tertiary/aromatic N) is 3. The summed E-state index contributed by atoms with van der Waals surface area (Å²) < 4.78 is 10.9. The molecule has 0 atom stereocenters. The first-order valence-corrected chi connectivity index (χ1v) is 12.8. The van der Waals surface area contributed by atoms with E-state index < -0.39 is 0 Å². The highest BCUT2D eigenvalue weighted by Crippen LogP contribution is 2.36. The normalized spacial score (nSPS) is 14.4. The maximum absolute atomic E-state index is 13.5. The molecule has 1 amide bonds. The molecule has 0 unspecified atom stereocenters. The number of rotatable bonds is 9. The quantitative estimate of drug-likeness (QED) is 0.392. The summed E-state index contributed by atoms with van der Waals surface area (Å²) in [5.74, 6) is 1.44. The van der Waals surface area contributed by atoms with Crippen molar-refractivity contribution in [2.24, 2.45) is 0 Å². The molecule has 6 nitrogen and oxygen atoms in total. The predicted octanol–water partition coefficient (Wildman–Crippen LogP) is 5.74. The van der Waals surface area contributed by atoms with Gasteiger partial charge in [0.1, 0.15) is 11.5 Å². The molecule has 0 N–H and O–H groups in total. The molecular formula is C27H33N3O3S. The van der Waals surface area contributed by atoms with Gasteiger partial charge in [-0.05, 0) is 69.2 Å². The minimum atomic E-state index is -0.0185. The predicted molar refractivity (Wildman–Crippen MR) is 138 cm³/mol. The van der Waals surface area contributed by atoms with Crippen LogP contribution in [0.3, 0.4) is 0 Å². The van der Waals surface area contributed by atoms with Gasteiger partial charge in [0.2, 0.25) is 0 Å². The Labute approximate surface area is 206 Å². The molecule has 4 rings (SSSR count). The first-order chi connectivity index (χ1) is 16.7. The first kappa shape index (κ1) is 24.2. The summed E-state index contributed by atoms with van der Waals surface area (Å²) in [6.07, 6.45) is 6.10. The van der Waals surface area contributed by atoms with Gasteiger partial charge in [0, 0.05) is 23.1 Å². The molecule has 34 heavy (non-hydrogen) atoms. The fourth-order valence-corrected chi connectivity index (χ4v) is 5.21. The van der Waals surface area contributed by atoms with Crippen LogP contribution in [0.15, 0.2) is 53.9 Å². The molecule has 0 bridgehead atoms. The number of thiazole rings is 1. The van der Waals surface area contributed by atoms with E-state index >= 15 is 0 Å². The van der Waals surface area contributed by atoms with Gasteiger partial charge in [0.25, 0.3) is 5.91 Å². The van der Waals surface area contributed by atoms with Crippen LogP contribution >= 0.6 is 11.3 Å². The molecule has 1 aromatic heterocycles. The van der Waals surface area contributed by atoms with E-state index in [0.717, 1.165) is 48.8 Å². The van der Waals surface area contributed by atoms with E-state index in [1.807, 2.05) is 58.8 Å². The smallest absolute Gasteiger partial charge is 0.260 e. The lowest BCUT2D eigenvalue weighted by molar-refractivity contribution is 0.0985. The van der Waals surface area contributed by atoms with Crippen molar-refractivity contribution in [1.29, 1.82) is 0 Å². The first-order valence-electron chi connectivity index (χ1n) is 12.0. The van der Waals surface area contributed by atoms with Gasteiger partial charge in [-0.2, -0.15) is 0 Å². The number of hydrogen-bond donors (Lipinski definition) is 0. The zero-order chi connectivity index (χ0) is 23.8. The summed E-state index contributed by atoms with van der Waals surface area (Å²) in [5.41, 5.74) is 2.29. The molecule has 7 heteroatoms. The van der Waals surface area contributed by atoms with Crippen molar-refractivity contribution in [1.82, 2.24) is 9.88 Å². The monoisotopic (exact) mass is 479 g/mol. The molecule has 1 saturated heterocycles. The summed E-state index contributed by atoms with van der Waals surface area (Å²) in [6, 6.07) is 15.1. The third-order valence-electron chi connectivity index (χ3n) is 6.23. The van der Waals surface area contributed by atoms with E-state index in [1.54, 1.807) is 14.2 Å². The second kappa shape index (κ2) is 12.0. The third-order valence-corrected chi connectivity index (χ3v) is 7.09. The van der Waals surface area contributed by atoms with E-state index in [-0.39, 0.29) is 5.91 Å². The number of ether oxygens (including phenoxy) is 2. The number of carbonyl (C=O) groups excluding carboxylic acids is 1. The van der Waals surface area contributed by atoms with E-state index in [2.05, 4.69) is 4.90 Å². The van der Waals surface area contributed by atoms with Gasteiger partial charge >= 0.3 is 0 Å². The molecule has 0 aliphatic carbocycles. The molecule has 1 aliphatic rings. The maximum atomic E-state index is 13.5. The maximum Gasteiger partial charge on any atom is 0.260 e. The minimum Gasteiger partial charge on any atom is -0.497 e. The molecule has 2 heterocycles. The number of hydrogen-bond acceptors (Lipinski definition) is 6. The van der Waals surface area contributed by atoms with Crippen LogP contribution in [0, 0.1) is 0 Å². The lowest BCUT2D eigenvalue weighted by Gasteiger charge is -2.23. The Morgan fingerprint density at radius 1 is 1.03 bits per heavy atom. The third kappa shape index (κ3) is 5.96. The van der Waals surface area contributed by atoms with Crippen molar-refractivity contribution in [3.63, 3.8) is 0 Å². The summed E-state index contributed by atoms with van der Waals surface area (Å²) in [6.45, 7) is 3.94. The van der Waals surface area contributed by atoms with Gasteiger partial charge in [-0.3, -0.25) is 9.69 Å². The van der Waals surface area contributed by atoms with Crippen molar-refractivity contribution in [2.75, 3.05) is 45.3 Å². The van der Waals surface area contributed by atoms with Crippen LogP contribution in [0.4, 0.5) is 5.13 Å². The molecule has 1 aliphatic heterocycles. The summed E-state index contributed by atoms with van der Waals surface area (Å²) in [5, 5.41) is 2.68. The van der Waals surface area contributed by atoms with Gasteiger partial charge in [-0.1, -0.05) is 31.0 Å². The molecular weight excluding hydrogens is 446 g/mol. The lowest BCUT2D eigenvalue weighted by Crippen LogP contribution is -2.34.